The number of Topliss-reactive ketones (excluding diaryl/α,β-unsaturated/α-hetero) is 1. The molecule has 0 atom stereocenters. The molecular weight excluding hydrogens is 250 g/mol. The highest BCUT2D eigenvalue weighted by molar-refractivity contribution is 6.30. The van der Waals surface area contributed by atoms with E-state index in [4.69, 9.17) is 11.6 Å². The highest BCUT2D eigenvalue weighted by atomic mass is 35.5. The first-order chi connectivity index (χ1) is 8.65. The van der Waals surface area contributed by atoms with E-state index in [1.165, 1.54) is 0 Å². The number of nitrogens with one attached hydrogen (secondary N) is 1. The predicted molar refractivity (Wildman–Crippen MR) is 70.8 cm³/mol. The SMILES string of the molecule is O=C(CCCC(=O)c1ccc(Cl)cc1)NC1CC1. The van der Waals surface area contributed by atoms with Gasteiger partial charge in [0.1, 0.15) is 0 Å². The van der Waals surface area contributed by atoms with Gasteiger partial charge >= 0.3 is 0 Å². The lowest BCUT2D eigenvalue weighted by atomic mass is 10.1. The average Bonchev–Trinajstić information content (AvgIpc) is 3.13. The molecule has 1 aliphatic rings. The van der Waals surface area contributed by atoms with E-state index in [0.717, 1.165) is 12.8 Å². The van der Waals surface area contributed by atoms with E-state index in [1.807, 2.05) is 0 Å². The van der Waals surface area contributed by atoms with E-state index in [2.05, 4.69) is 5.32 Å². The summed E-state index contributed by atoms with van der Waals surface area (Å²) in [5, 5.41) is 3.53. The zero-order chi connectivity index (χ0) is 13.0. The Kier molecular flexibility index (Phi) is 4.37. The minimum atomic E-state index is 0.0569. The highest BCUT2D eigenvalue weighted by Gasteiger charge is 2.22. The number of rotatable bonds is 6. The first kappa shape index (κ1) is 13.1. The van der Waals surface area contributed by atoms with Gasteiger partial charge in [-0.2, -0.15) is 0 Å². The maximum absolute atomic E-state index is 11.8. The van der Waals surface area contributed by atoms with Crippen LogP contribution in [-0.2, 0) is 4.79 Å². The fourth-order valence-electron chi connectivity index (χ4n) is 1.72. The van der Waals surface area contributed by atoms with Crippen LogP contribution in [0.4, 0.5) is 0 Å². The number of hydrogen-bond acceptors (Lipinski definition) is 2. The van der Waals surface area contributed by atoms with Gasteiger partial charge in [-0.05, 0) is 43.5 Å². The molecule has 4 heteroatoms. The largest absolute Gasteiger partial charge is 0.353 e. The number of amides is 1. The van der Waals surface area contributed by atoms with Gasteiger partial charge in [0.05, 0.1) is 0 Å². The monoisotopic (exact) mass is 265 g/mol. The molecule has 18 heavy (non-hydrogen) atoms. The zero-order valence-corrected chi connectivity index (χ0v) is 10.9. The first-order valence-corrected chi connectivity index (χ1v) is 6.61. The van der Waals surface area contributed by atoms with Crippen LogP contribution >= 0.6 is 11.6 Å². The van der Waals surface area contributed by atoms with Crippen LogP contribution in [0.25, 0.3) is 0 Å². The van der Waals surface area contributed by atoms with Crippen molar-refractivity contribution in [1.29, 1.82) is 0 Å². The molecule has 96 valence electrons. The maximum Gasteiger partial charge on any atom is 0.220 e. The quantitative estimate of drug-likeness (QED) is 0.804. The molecule has 1 amide bonds. The third kappa shape index (κ3) is 4.15. The van der Waals surface area contributed by atoms with Crippen LogP contribution in [0.2, 0.25) is 5.02 Å². The Morgan fingerprint density at radius 2 is 1.83 bits per heavy atom. The molecule has 1 aromatic rings. The zero-order valence-electron chi connectivity index (χ0n) is 10.1. The second-order valence-corrected chi connectivity index (χ2v) is 5.06. The molecule has 0 aliphatic heterocycles. The van der Waals surface area contributed by atoms with Crippen LogP contribution in [0.15, 0.2) is 24.3 Å². The van der Waals surface area contributed by atoms with Crippen molar-refractivity contribution in [3.63, 3.8) is 0 Å². The van der Waals surface area contributed by atoms with Crippen LogP contribution in [0.3, 0.4) is 0 Å². The Hall–Kier alpha value is -1.35. The van der Waals surface area contributed by atoms with Crippen molar-refractivity contribution in [2.45, 2.75) is 38.1 Å². The molecule has 1 saturated carbocycles. The molecule has 0 saturated heterocycles. The molecule has 1 fully saturated rings. The molecule has 3 nitrogen and oxygen atoms in total. The summed E-state index contributed by atoms with van der Waals surface area (Å²) < 4.78 is 0. The second kappa shape index (κ2) is 6.01. The molecule has 0 aromatic heterocycles. The van der Waals surface area contributed by atoms with E-state index in [9.17, 15) is 9.59 Å². The topological polar surface area (TPSA) is 46.2 Å². The Labute approximate surface area is 112 Å². The minimum Gasteiger partial charge on any atom is -0.353 e. The van der Waals surface area contributed by atoms with E-state index in [-0.39, 0.29) is 11.7 Å². The van der Waals surface area contributed by atoms with E-state index >= 15 is 0 Å². The van der Waals surface area contributed by atoms with Gasteiger partial charge in [0, 0.05) is 29.5 Å². The Morgan fingerprint density at radius 3 is 2.44 bits per heavy atom. The molecule has 0 spiro atoms. The van der Waals surface area contributed by atoms with Crippen LogP contribution in [0.1, 0.15) is 42.5 Å². The second-order valence-electron chi connectivity index (χ2n) is 4.63. The lowest BCUT2D eigenvalue weighted by molar-refractivity contribution is -0.121. The first-order valence-electron chi connectivity index (χ1n) is 6.23. The fraction of sp³-hybridized carbons (Fsp3) is 0.429. The summed E-state index contributed by atoms with van der Waals surface area (Å²) >= 11 is 5.75. The summed E-state index contributed by atoms with van der Waals surface area (Å²) in [6.45, 7) is 0. The fourth-order valence-corrected chi connectivity index (χ4v) is 1.84. The van der Waals surface area contributed by atoms with Gasteiger partial charge in [-0.3, -0.25) is 9.59 Å². The Morgan fingerprint density at radius 1 is 1.17 bits per heavy atom. The Bertz CT molecular complexity index is 438. The van der Waals surface area contributed by atoms with Gasteiger partial charge in [0.2, 0.25) is 5.91 Å². The Balaban J connectivity index is 1.70. The molecule has 0 heterocycles. The van der Waals surface area contributed by atoms with Crippen molar-refractivity contribution in [1.82, 2.24) is 5.32 Å². The average molecular weight is 266 g/mol. The lowest BCUT2D eigenvalue weighted by Crippen LogP contribution is -2.25. The maximum atomic E-state index is 11.8. The third-order valence-corrected chi connectivity index (χ3v) is 3.17. The molecule has 0 radical (unpaired) electrons. The lowest BCUT2D eigenvalue weighted by Gasteiger charge is -2.03. The number of hydrogen-bond donors (Lipinski definition) is 1. The standard InChI is InChI=1S/C14H16ClNO2/c15-11-6-4-10(5-7-11)13(17)2-1-3-14(18)16-12-8-9-12/h4-7,12H,1-3,8-9H2,(H,16,18). The van der Waals surface area contributed by atoms with Crippen LogP contribution in [0.5, 0.6) is 0 Å². The molecule has 0 unspecified atom stereocenters. The van der Waals surface area contributed by atoms with Gasteiger partial charge in [0.25, 0.3) is 0 Å². The van der Waals surface area contributed by atoms with Gasteiger partial charge in [0.15, 0.2) is 5.78 Å². The number of carbonyl (C=O) groups is 2. The summed E-state index contributed by atoms with van der Waals surface area (Å²) in [6, 6.07) is 7.23. The summed E-state index contributed by atoms with van der Waals surface area (Å²) in [5.74, 6) is 0.118. The van der Waals surface area contributed by atoms with E-state index in [1.54, 1.807) is 24.3 Å². The highest BCUT2D eigenvalue weighted by Crippen LogP contribution is 2.19. The number of carbonyl (C=O) groups excluding carboxylic acids is 2. The summed E-state index contributed by atoms with van der Waals surface area (Å²) in [7, 11) is 0. The third-order valence-electron chi connectivity index (χ3n) is 2.92. The van der Waals surface area contributed by atoms with Crippen molar-refractivity contribution in [2.75, 3.05) is 0 Å². The summed E-state index contributed by atoms with van der Waals surface area (Å²) in [5.41, 5.74) is 0.655. The van der Waals surface area contributed by atoms with E-state index in [0.29, 0.717) is 35.9 Å². The van der Waals surface area contributed by atoms with Crippen molar-refractivity contribution in [2.24, 2.45) is 0 Å². The van der Waals surface area contributed by atoms with Crippen LogP contribution in [-0.4, -0.2) is 17.7 Å². The van der Waals surface area contributed by atoms with Crippen molar-refractivity contribution < 1.29 is 9.59 Å². The van der Waals surface area contributed by atoms with Gasteiger partial charge in [-0.1, -0.05) is 11.6 Å². The smallest absolute Gasteiger partial charge is 0.220 e. The molecule has 1 aromatic carbocycles. The van der Waals surface area contributed by atoms with Gasteiger partial charge < -0.3 is 5.32 Å². The molecular formula is C14H16ClNO2. The number of ketones is 1. The molecule has 1 N–H and O–H groups in total. The minimum absolute atomic E-state index is 0.0569. The predicted octanol–water partition coefficient (Wildman–Crippen LogP) is 2.97. The normalized spacial score (nSPS) is 14.3. The molecule has 2 rings (SSSR count). The van der Waals surface area contributed by atoms with E-state index < -0.39 is 0 Å². The summed E-state index contributed by atoms with van der Waals surface area (Å²) in [6.07, 6.45) is 3.61. The van der Waals surface area contributed by atoms with Crippen molar-refractivity contribution >= 4 is 23.3 Å². The molecule has 1 aliphatic carbocycles. The van der Waals surface area contributed by atoms with Gasteiger partial charge in [-0.25, -0.2) is 0 Å². The van der Waals surface area contributed by atoms with Crippen molar-refractivity contribution in [3.8, 4) is 0 Å². The van der Waals surface area contributed by atoms with Crippen LogP contribution in [0, 0.1) is 0 Å². The van der Waals surface area contributed by atoms with Crippen LogP contribution < -0.4 is 5.32 Å². The summed E-state index contributed by atoms with van der Waals surface area (Å²) in [4.78, 5) is 23.2. The van der Waals surface area contributed by atoms with Crippen molar-refractivity contribution in [3.05, 3.63) is 34.9 Å². The number of benzene rings is 1. The van der Waals surface area contributed by atoms with Gasteiger partial charge in [-0.15, -0.1) is 0 Å². The number of halogens is 1. The molecule has 0 bridgehead atoms.